The zero-order valence-corrected chi connectivity index (χ0v) is 11.6. The molecule has 0 bridgehead atoms. The molecule has 0 aliphatic rings. The summed E-state index contributed by atoms with van der Waals surface area (Å²) >= 11 is 0. The molecule has 18 heavy (non-hydrogen) atoms. The van der Waals surface area contributed by atoms with Crippen molar-refractivity contribution in [1.29, 1.82) is 0 Å². The zero-order valence-electron chi connectivity index (χ0n) is 11.6. The minimum Gasteiger partial charge on any atom is -0.355 e. The van der Waals surface area contributed by atoms with Crippen LogP contribution in [-0.4, -0.2) is 19.0 Å². The predicted octanol–water partition coefficient (Wildman–Crippen LogP) is 2.56. The fraction of sp³-hybridized carbons (Fsp3) is 0.533. The van der Waals surface area contributed by atoms with Crippen LogP contribution in [0.5, 0.6) is 0 Å². The molecule has 2 N–H and O–H groups in total. The van der Waals surface area contributed by atoms with E-state index in [1.54, 1.807) is 0 Å². The van der Waals surface area contributed by atoms with E-state index in [1.807, 2.05) is 12.1 Å². The van der Waals surface area contributed by atoms with Gasteiger partial charge in [-0.2, -0.15) is 0 Å². The normalized spacial score (nSPS) is 12.2. The minimum atomic E-state index is 0.0730. The summed E-state index contributed by atoms with van der Waals surface area (Å²) in [5.74, 6) is 0.0730. The summed E-state index contributed by atoms with van der Waals surface area (Å²) in [5.41, 5.74) is 2.50. The fourth-order valence-corrected chi connectivity index (χ4v) is 1.90. The van der Waals surface area contributed by atoms with Crippen molar-refractivity contribution in [2.45, 2.75) is 39.7 Å². The highest BCUT2D eigenvalue weighted by Crippen LogP contribution is 2.15. The number of nitrogens with one attached hydrogen (secondary N) is 2. The summed E-state index contributed by atoms with van der Waals surface area (Å²) < 4.78 is 0. The molecule has 1 atom stereocenters. The van der Waals surface area contributed by atoms with Crippen LogP contribution in [0, 0.1) is 6.92 Å². The summed E-state index contributed by atoms with van der Waals surface area (Å²) in [7, 11) is 0. The number of benzene rings is 1. The average Bonchev–Trinajstić information content (AvgIpc) is 2.37. The molecule has 0 radical (unpaired) electrons. The second-order valence-corrected chi connectivity index (χ2v) is 4.66. The van der Waals surface area contributed by atoms with Gasteiger partial charge in [-0.3, -0.25) is 4.79 Å². The number of hydrogen-bond acceptors (Lipinski definition) is 2. The summed E-state index contributed by atoms with van der Waals surface area (Å²) in [6, 6.07) is 8.45. The first kappa shape index (κ1) is 14.7. The van der Waals surface area contributed by atoms with Crippen LogP contribution in [0.4, 0.5) is 0 Å². The van der Waals surface area contributed by atoms with Crippen molar-refractivity contribution in [2.75, 3.05) is 13.1 Å². The molecule has 0 fully saturated rings. The van der Waals surface area contributed by atoms with Crippen LogP contribution in [0.2, 0.25) is 0 Å². The number of carbonyl (C=O) groups is 1. The maximum absolute atomic E-state index is 11.6. The van der Waals surface area contributed by atoms with Crippen molar-refractivity contribution in [3.05, 3.63) is 35.4 Å². The summed E-state index contributed by atoms with van der Waals surface area (Å²) in [6.07, 6.45) is 2.15. The highest BCUT2D eigenvalue weighted by molar-refractivity contribution is 5.78. The highest BCUT2D eigenvalue weighted by Gasteiger charge is 2.08. The molecule has 0 aliphatic heterocycles. The van der Waals surface area contributed by atoms with Crippen LogP contribution in [-0.2, 0) is 4.79 Å². The molecule has 3 nitrogen and oxygen atoms in total. The van der Waals surface area contributed by atoms with Gasteiger partial charge in [-0.1, -0.05) is 37.6 Å². The van der Waals surface area contributed by atoms with Gasteiger partial charge in [0.2, 0.25) is 5.91 Å². The Morgan fingerprint density at radius 2 is 2.06 bits per heavy atom. The van der Waals surface area contributed by atoms with Crippen molar-refractivity contribution in [1.82, 2.24) is 10.6 Å². The molecular formula is C15H24N2O. The first-order chi connectivity index (χ1) is 8.65. The molecule has 1 aromatic rings. The average molecular weight is 248 g/mol. The van der Waals surface area contributed by atoms with Gasteiger partial charge in [-0.15, -0.1) is 0 Å². The first-order valence-electron chi connectivity index (χ1n) is 6.70. The van der Waals surface area contributed by atoms with Crippen LogP contribution >= 0.6 is 0 Å². The van der Waals surface area contributed by atoms with E-state index in [1.165, 1.54) is 11.1 Å². The van der Waals surface area contributed by atoms with Crippen LogP contribution in [0.25, 0.3) is 0 Å². The monoisotopic (exact) mass is 248 g/mol. The van der Waals surface area contributed by atoms with Gasteiger partial charge in [0.1, 0.15) is 0 Å². The van der Waals surface area contributed by atoms with E-state index < -0.39 is 0 Å². The molecule has 3 heteroatoms. The number of aryl methyl sites for hydroxylation is 1. The number of unbranched alkanes of at least 4 members (excludes halogenated alkanes) is 1. The van der Waals surface area contributed by atoms with E-state index >= 15 is 0 Å². The van der Waals surface area contributed by atoms with Gasteiger partial charge in [0.25, 0.3) is 0 Å². The first-order valence-corrected chi connectivity index (χ1v) is 6.70. The van der Waals surface area contributed by atoms with Crippen LogP contribution < -0.4 is 10.6 Å². The zero-order chi connectivity index (χ0) is 13.4. The second kappa shape index (κ2) is 7.88. The van der Waals surface area contributed by atoms with Crippen molar-refractivity contribution < 1.29 is 4.79 Å². The van der Waals surface area contributed by atoms with E-state index in [0.717, 1.165) is 19.4 Å². The predicted molar refractivity (Wildman–Crippen MR) is 75.5 cm³/mol. The van der Waals surface area contributed by atoms with Crippen LogP contribution in [0.15, 0.2) is 24.3 Å². The standard InChI is InChI=1S/C15H24N2O/c1-4-5-10-16-15(18)11-17-13(3)14-9-7-6-8-12(14)2/h6-9,13,17H,4-5,10-11H2,1-3H3,(H,16,18). The van der Waals surface area contributed by atoms with Gasteiger partial charge in [0.15, 0.2) is 0 Å². The second-order valence-electron chi connectivity index (χ2n) is 4.66. The van der Waals surface area contributed by atoms with Crippen molar-refractivity contribution >= 4 is 5.91 Å². The lowest BCUT2D eigenvalue weighted by Gasteiger charge is -2.16. The molecule has 0 saturated heterocycles. The Kier molecular flexibility index (Phi) is 6.44. The third-order valence-corrected chi connectivity index (χ3v) is 3.08. The van der Waals surface area contributed by atoms with E-state index in [4.69, 9.17) is 0 Å². The summed E-state index contributed by atoms with van der Waals surface area (Å²) in [5, 5.41) is 6.16. The fourth-order valence-electron chi connectivity index (χ4n) is 1.90. The van der Waals surface area contributed by atoms with E-state index in [0.29, 0.717) is 6.54 Å². The van der Waals surface area contributed by atoms with Crippen LogP contribution in [0.3, 0.4) is 0 Å². The Bertz CT molecular complexity index is 377. The topological polar surface area (TPSA) is 41.1 Å². The maximum Gasteiger partial charge on any atom is 0.233 e. The number of carbonyl (C=O) groups excluding carboxylic acids is 1. The minimum absolute atomic E-state index is 0.0730. The van der Waals surface area contributed by atoms with Crippen LogP contribution in [0.1, 0.15) is 43.9 Å². The molecule has 1 rings (SSSR count). The van der Waals surface area contributed by atoms with Gasteiger partial charge in [-0.05, 0) is 31.4 Å². The van der Waals surface area contributed by atoms with Gasteiger partial charge in [-0.25, -0.2) is 0 Å². The van der Waals surface area contributed by atoms with Crippen molar-refractivity contribution in [2.24, 2.45) is 0 Å². The van der Waals surface area contributed by atoms with E-state index in [-0.39, 0.29) is 11.9 Å². The van der Waals surface area contributed by atoms with Gasteiger partial charge < -0.3 is 10.6 Å². The molecular weight excluding hydrogens is 224 g/mol. The Balaban J connectivity index is 2.35. The lowest BCUT2D eigenvalue weighted by molar-refractivity contribution is -0.120. The summed E-state index contributed by atoms with van der Waals surface area (Å²) in [4.78, 5) is 11.6. The molecule has 1 aromatic carbocycles. The molecule has 0 heterocycles. The number of hydrogen-bond donors (Lipinski definition) is 2. The quantitative estimate of drug-likeness (QED) is 0.728. The third-order valence-electron chi connectivity index (χ3n) is 3.08. The lowest BCUT2D eigenvalue weighted by atomic mass is 10.0. The molecule has 0 aromatic heterocycles. The Morgan fingerprint density at radius 3 is 2.72 bits per heavy atom. The molecule has 1 amide bonds. The number of amides is 1. The van der Waals surface area contributed by atoms with E-state index in [2.05, 4.69) is 43.5 Å². The smallest absolute Gasteiger partial charge is 0.233 e. The largest absolute Gasteiger partial charge is 0.355 e. The SMILES string of the molecule is CCCCNC(=O)CNC(C)c1ccccc1C. The van der Waals surface area contributed by atoms with Gasteiger partial charge in [0.05, 0.1) is 6.54 Å². The molecule has 0 saturated carbocycles. The molecule has 1 unspecified atom stereocenters. The highest BCUT2D eigenvalue weighted by atomic mass is 16.1. The number of rotatable bonds is 7. The third kappa shape index (κ3) is 4.88. The maximum atomic E-state index is 11.6. The Labute approximate surface area is 110 Å². The lowest BCUT2D eigenvalue weighted by Crippen LogP contribution is -2.35. The molecule has 0 spiro atoms. The van der Waals surface area contributed by atoms with Gasteiger partial charge >= 0.3 is 0 Å². The Hall–Kier alpha value is -1.35. The summed E-state index contributed by atoms with van der Waals surface area (Å²) in [6.45, 7) is 7.44. The Morgan fingerprint density at radius 1 is 1.33 bits per heavy atom. The molecule has 100 valence electrons. The van der Waals surface area contributed by atoms with Crippen molar-refractivity contribution in [3.63, 3.8) is 0 Å². The van der Waals surface area contributed by atoms with E-state index in [9.17, 15) is 4.79 Å². The molecule has 0 aliphatic carbocycles. The van der Waals surface area contributed by atoms with Gasteiger partial charge in [0, 0.05) is 12.6 Å². The van der Waals surface area contributed by atoms with Crippen molar-refractivity contribution in [3.8, 4) is 0 Å².